The molecule has 2 amide bonds. The van der Waals surface area contributed by atoms with Crippen molar-refractivity contribution in [3.05, 3.63) is 57.8 Å². The van der Waals surface area contributed by atoms with Crippen LogP contribution in [-0.2, 0) is 16.1 Å². The number of hydrogen-bond acceptors (Lipinski definition) is 5. The Morgan fingerprint density at radius 1 is 1.05 bits per heavy atom. The quantitative estimate of drug-likeness (QED) is 0.810. The van der Waals surface area contributed by atoms with E-state index in [0.29, 0.717) is 5.06 Å². The van der Waals surface area contributed by atoms with Gasteiger partial charge in [-0.3, -0.25) is 9.59 Å². The molecule has 0 radical (unpaired) electrons. The molecule has 0 N–H and O–H groups in total. The van der Waals surface area contributed by atoms with Crippen LogP contribution in [0.3, 0.4) is 0 Å². The van der Waals surface area contributed by atoms with E-state index in [2.05, 4.69) is 0 Å². The van der Waals surface area contributed by atoms with Gasteiger partial charge in [0.1, 0.15) is 0 Å². The minimum absolute atomic E-state index is 0.0328. The minimum Gasteiger partial charge on any atom is -0.329 e. The smallest absolute Gasteiger partial charge is 0.329 e. The van der Waals surface area contributed by atoms with E-state index in [1.807, 2.05) is 11.4 Å². The van der Waals surface area contributed by atoms with E-state index in [9.17, 15) is 14.4 Å². The van der Waals surface area contributed by atoms with Gasteiger partial charge in [-0.05, 0) is 23.6 Å². The van der Waals surface area contributed by atoms with Crippen molar-refractivity contribution in [1.82, 2.24) is 5.06 Å². The van der Waals surface area contributed by atoms with E-state index in [1.54, 1.807) is 18.2 Å². The van der Waals surface area contributed by atoms with Gasteiger partial charge in [-0.25, -0.2) is 4.79 Å². The topological polar surface area (TPSA) is 63.7 Å². The van der Waals surface area contributed by atoms with Gasteiger partial charge >= 0.3 is 5.97 Å². The third-order valence-corrected chi connectivity index (χ3v) is 3.72. The van der Waals surface area contributed by atoms with E-state index in [-0.39, 0.29) is 17.5 Å². The Morgan fingerprint density at radius 2 is 1.70 bits per heavy atom. The molecule has 20 heavy (non-hydrogen) atoms. The normalized spacial score (nSPS) is 13.5. The summed E-state index contributed by atoms with van der Waals surface area (Å²) in [6, 6.07) is 9.97. The summed E-state index contributed by atoms with van der Waals surface area (Å²) in [5.74, 6) is -1.85. The SMILES string of the molecule is O=C(Cc1cccs1)ON1C(=O)c2ccccc2C1=O. The molecule has 0 unspecified atom stereocenters. The Morgan fingerprint density at radius 3 is 2.25 bits per heavy atom. The number of hydroxylamine groups is 2. The second-order valence-electron chi connectivity index (χ2n) is 4.17. The van der Waals surface area contributed by atoms with Crippen LogP contribution in [-0.4, -0.2) is 22.8 Å². The molecule has 3 rings (SSSR count). The number of hydrogen-bond donors (Lipinski definition) is 0. The summed E-state index contributed by atoms with van der Waals surface area (Å²) in [5.41, 5.74) is 0.503. The summed E-state index contributed by atoms with van der Waals surface area (Å²) < 4.78 is 0. The van der Waals surface area contributed by atoms with Crippen LogP contribution in [0, 0.1) is 0 Å². The maximum atomic E-state index is 12.0. The molecular formula is C14H9NO4S. The van der Waals surface area contributed by atoms with Gasteiger partial charge in [0.25, 0.3) is 11.8 Å². The molecule has 100 valence electrons. The fraction of sp³-hybridized carbons (Fsp3) is 0.0714. The first-order valence-electron chi connectivity index (χ1n) is 5.88. The lowest BCUT2D eigenvalue weighted by Crippen LogP contribution is -2.33. The lowest BCUT2D eigenvalue weighted by Gasteiger charge is -2.12. The largest absolute Gasteiger partial charge is 0.338 e. The van der Waals surface area contributed by atoms with Gasteiger partial charge in [0.05, 0.1) is 17.5 Å². The number of nitrogens with zero attached hydrogens (tertiary/aromatic N) is 1. The Balaban J connectivity index is 1.75. The molecule has 0 saturated carbocycles. The van der Waals surface area contributed by atoms with Crippen molar-refractivity contribution in [1.29, 1.82) is 0 Å². The zero-order valence-electron chi connectivity index (χ0n) is 10.2. The highest BCUT2D eigenvalue weighted by atomic mass is 32.1. The third-order valence-electron chi connectivity index (χ3n) is 2.85. The van der Waals surface area contributed by atoms with Gasteiger partial charge in [-0.15, -0.1) is 11.3 Å². The molecule has 1 aliphatic rings. The van der Waals surface area contributed by atoms with Crippen LogP contribution in [0.1, 0.15) is 25.6 Å². The highest BCUT2D eigenvalue weighted by molar-refractivity contribution is 7.10. The third kappa shape index (κ3) is 2.10. The van der Waals surface area contributed by atoms with Crippen LogP contribution >= 0.6 is 11.3 Å². The number of benzene rings is 1. The number of rotatable bonds is 3. The van der Waals surface area contributed by atoms with Crippen LogP contribution in [0.2, 0.25) is 0 Å². The summed E-state index contributed by atoms with van der Waals surface area (Å²) in [5, 5.41) is 2.37. The second-order valence-corrected chi connectivity index (χ2v) is 5.20. The van der Waals surface area contributed by atoms with Crippen molar-refractivity contribution >= 4 is 29.1 Å². The molecule has 0 bridgehead atoms. The van der Waals surface area contributed by atoms with Gasteiger partial charge in [-0.2, -0.15) is 0 Å². The minimum atomic E-state index is -0.637. The molecule has 1 aromatic carbocycles. The van der Waals surface area contributed by atoms with E-state index < -0.39 is 17.8 Å². The van der Waals surface area contributed by atoms with E-state index in [4.69, 9.17) is 4.84 Å². The second kappa shape index (κ2) is 4.90. The van der Waals surface area contributed by atoms with Crippen molar-refractivity contribution in [2.75, 3.05) is 0 Å². The van der Waals surface area contributed by atoms with Crippen molar-refractivity contribution in [2.45, 2.75) is 6.42 Å². The Kier molecular flexibility index (Phi) is 3.08. The van der Waals surface area contributed by atoms with E-state index in [0.717, 1.165) is 4.88 Å². The fourth-order valence-electron chi connectivity index (χ4n) is 1.94. The molecule has 2 heterocycles. The van der Waals surface area contributed by atoms with Gasteiger partial charge in [-0.1, -0.05) is 23.3 Å². The predicted molar refractivity (Wildman–Crippen MR) is 71.1 cm³/mol. The number of carbonyl (C=O) groups excluding carboxylic acids is 3. The molecule has 1 aliphatic heterocycles. The first kappa shape index (κ1) is 12.6. The first-order valence-corrected chi connectivity index (χ1v) is 6.76. The summed E-state index contributed by atoms with van der Waals surface area (Å²) >= 11 is 1.41. The van der Waals surface area contributed by atoms with Crippen LogP contribution in [0.5, 0.6) is 0 Å². The van der Waals surface area contributed by atoms with Crippen molar-refractivity contribution < 1.29 is 19.2 Å². The predicted octanol–water partition coefficient (Wildman–Crippen LogP) is 2.04. The molecule has 2 aromatic rings. The van der Waals surface area contributed by atoms with Gasteiger partial charge in [0.15, 0.2) is 0 Å². The number of amides is 2. The molecule has 5 nitrogen and oxygen atoms in total. The van der Waals surface area contributed by atoms with Crippen molar-refractivity contribution in [3.63, 3.8) is 0 Å². The van der Waals surface area contributed by atoms with Gasteiger partial charge < -0.3 is 4.84 Å². The molecule has 0 atom stereocenters. The van der Waals surface area contributed by atoms with Crippen LogP contribution in [0.15, 0.2) is 41.8 Å². The average molecular weight is 287 g/mol. The summed E-state index contributed by atoms with van der Waals surface area (Å²) in [6.07, 6.45) is 0.0328. The van der Waals surface area contributed by atoms with Crippen LogP contribution in [0.25, 0.3) is 0 Å². The molecule has 0 spiro atoms. The van der Waals surface area contributed by atoms with E-state index >= 15 is 0 Å². The fourth-order valence-corrected chi connectivity index (χ4v) is 2.63. The number of thiophene rings is 1. The van der Waals surface area contributed by atoms with E-state index in [1.165, 1.54) is 23.5 Å². The number of carbonyl (C=O) groups is 3. The number of imide groups is 1. The van der Waals surface area contributed by atoms with Crippen molar-refractivity contribution in [3.8, 4) is 0 Å². The van der Waals surface area contributed by atoms with Crippen LogP contribution in [0.4, 0.5) is 0 Å². The first-order chi connectivity index (χ1) is 9.66. The highest BCUT2D eigenvalue weighted by Gasteiger charge is 2.38. The molecule has 1 aromatic heterocycles. The number of fused-ring (bicyclic) bond motifs is 1. The maximum Gasteiger partial charge on any atom is 0.338 e. The molecular weight excluding hydrogens is 278 g/mol. The highest BCUT2D eigenvalue weighted by Crippen LogP contribution is 2.23. The van der Waals surface area contributed by atoms with Crippen LogP contribution < -0.4 is 0 Å². The monoisotopic (exact) mass is 287 g/mol. The molecule has 0 fully saturated rings. The van der Waals surface area contributed by atoms with Crippen molar-refractivity contribution in [2.24, 2.45) is 0 Å². The standard InChI is InChI=1S/C14H9NO4S/c16-12(8-9-4-3-7-20-9)19-15-13(17)10-5-1-2-6-11(10)14(15)18/h1-7H,8H2. The van der Waals surface area contributed by atoms with Gasteiger partial charge in [0, 0.05) is 4.88 Å². The summed E-state index contributed by atoms with van der Waals surface area (Å²) in [6.45, 7) is 0. The lowest BCUT2D eigenvalue weighted by molar-refractivity contribution is -0.167. The zero-order valence-corrected chi connectivity index (χ0v) is 11.1. The maximum absolute atomic E-state index is 12.0. The molecule has 0 aliphatic carbocycles. The summed E-state index contributed by atoms with van der Waals surface area (Å²) in [7, 11) is 0. The Hall–Kier alpha value is -2.47. The zero-order chi connectivity index (χ0) is 14.1. The van der Waals surface area contributed by atoms with Gasteiger partial charge in [0.2, 0.25) is 0 Å². The average Bonchev–Trinajstić information content (AvgIpc) is 3.03. The Bertz CT molecular complexity index is 658. The Labute approximate surface area is 118 Å². The lowest BCUT2D eigenvalue weighted by atomic mass is 10.1. The molecule has 0 saturated heterocycles. The molecule has 6 heteroatoms. The summed E-state index contributed by atoms with van der Waals surface area (Å²) in [4.78, 5) is 41.4.